The Hall–Kier alpha value is -4.41. The van der Waals surface area contributed by atoms with Crippen LogP contribution in [-0.4, -0.2) is 14.3 Å². The van der Waals surface area contributed by atoms with Crippen molar-refractivity contribution in [1.82, 2.24) is 0 Å². The molecule has 4 aromatic carbocycles. The van der Waals surface area contributed by atoms with Gasteiger partial charge >= 0.3 is 10.1 Å². The highest BCUT2D eigenvalue weighted by Gasteiger charge is 2.18. The maximum Gasteiger partial charge on any atom is 0.339 e. The molecule has 0 aliphatic carbocycles. The van der Waals surface area contributed by atoms with Crippen LogP contribution in [0.25, 0.3) is 16.8 Å². The Kier molecular flexibility index (Phi) is 6.44. The molecule has 0 spiro atoms. The number of nitrogens with one attached hydrogen (secondary N) is 1. The Balaban J connectivity index is 1.56. The van der Waals surface area contributed by atoms with Crippen molar-refractivity contribution in [3.8, 4) is 11.8 Å². The van der Waals surface area contributed by atoms with Crippen LogP contribution in [0.15, 0.2) is 101 Å². The maximum atomic E-state index is 12.8. The zero-order valence-electron chi connectivity index (χ0n) is 18.2. The van der Waals surface area contributed by atoms with Crippen molar-refractivity contribution in [3.63, 3.8) is 0 Å². The number of nitrogens with zero attached hydrogens (tertiary/aromatic N) is 1. The smallest absolute Gasteiger partial charge is 0.339 e. The Morgan fingerprint density at radius 3 is 2.41 bits per heavy atom. The zero-order chi connectivity index (χ0) is 24.1. The minimum absolute atomic E-state index is 0.0301. The zero-order valence-corrected chi connectivity index (χ0v) is 19.0. The van der Waals surface area contributed by atoms with E-state index in [9.17, 15) is 18.5 Å². The molecule has 0 unspecified atom stereocenters. The standard InChI is InChI=1S/C27H20N2O4S/c1-19-7-2-5-12-26(19)29-27(30)23(18-28)15-20-8-6-11-24(16-20)33-34(31,32)25-14-13-21-9-3-4-10-22(21)17-25/h2-17H,1H3,(H,29,30)/b23-15+. The normalized spacial score (nSPS) is 11.6. The molecule has 4 rings (SSSR count). The van der Waals surface area contributed by atoms with Gasteiger partial charge in [0.2, 0.25) is 0 Å². The van der Waals surface area contributed by atoms with Gasteiger partial charge in [-0.1, -0.05) is 60.7 Å². The van der Waals surface area contributed by atoms with Gasteiger partial charge in [0.1, 0.15) is 22.3 Å². The van der Waals surface area contributed by atoms with Crippen LogP contribution < -0.4 is 9.50 Å². The summed E-state index contributed by atoms with van der Waals surface area (Å²) < 4.78 is 31.0. The first-order valence-electron chi connectivity index (χ1n) is 10.4. The molecule has 168 valence electrons. The summed E-state index contributed by atoms with van der Waals surface area (Å²) in [6.07, 6.45) is 1.38. The van der Waals surface area contributed by atoms with E-state index in [2.05, 4.69) is 5.32 Å². The Labute approximate surface area is 197 Å². The van der Waals surface area contributed by atoms with Gasteiger partial charge in [-0.25, -0.2) is 0 Å². The molecule has 0 aliphatic heterocycles. The number of anilines is 1. The SMILES string of the molecule is Cc1ccccc1NC(=O)/C(C#N)=C/c1cccc(OS(=O)(=O)c2ccc3ccccc3c2)c1. The number of carbonyl (C=O) groups excluding carboxylic acids is 1. The topological polar surface area (TPSA) is 96.3 Å². The van der Waals surface area contributed by atoms with E-state index in [1.54, 1.807) is 36.4 Å². The van der Waals surface area contributed by atoms with Gasteiger partial charge in [-0.3, -0.25) is 4.79 Å². The summed E-state index contributed by atoms with van der Waals surface area (Å²) in [5, 5.41) is 13.9. The van der Waals surface area contributed by atoms with Gasteiger partial charge in [-0.05, 0) is 65.2 Å². The lowest BCUT2D eigenvalue weighted by Crippen LogP contribution is -2.14. The number of hydrogen-bond acceptors (Lipinski definition) is 5. The van der Waals surface area contributed by atoms with Gasteiger partial charge in [-0.15, -0.1) is 0 Å². The molecule has 0 radical (unpaired) electrons. The second kappa shape index (κ2) is 9.61. The molecular weight excluding hydrogens is 448 g/mol. The summed E-state index contributed by atoms with van der Waals surface area (Å²) in [7, 11) is -4.08. The third kappa shape index (κ3) is 5.14. The van der Waals surface area contributed by atoms with E-state index in [4.69, 9.17) is 4.18 Å². The first kappa shape index (κ1) is 22.8. The summed E-state index contributed by atoms with van der Waals surface area (Å²) in [6.45, 7) is 1.85. The van der Waals surface area contributed by atoms with Crippen molar-refractivity contribution in [2.24, 2.45) is 0 Å². The van der Waals surface area contributed by atoms with Gasteiger partial charge in [0.05, 0.1) is 0 Å². The van der Waals surface area contributed by atoms with Crippen LogP contribution in [0.5, 0.6) is 5.75 Å². The van der Waals surface area contributed by atoms with Crippen LogP contribution >= 0.6 is 0 Å². The van der Waals surface area contributed by atoms with E-state index in [0.717, 1.165) is 16.3 Å². The number of fused-ring (bicyclic) bond motifs is 1. The fourth-order valence-corrected chi connectivity index (χ4v) is 4.33. The minimum atomic E-state index is -4.08. The molecule has 1 amide bonds. The lowest BCUT2D eigenvalue weighted by molar-refractivity contribution is -0.112. The van der Waals surface area contributed by atoms with E-state index in [1.807, 2.05) is 49.4 Å². The van der Waals surface area contributed by atoms with Gasteiger partial charge in [0, 0.05) is 5.69 Å². The van der Waals surface area contributed by atoms with Gasteiger partial charge in [0.15, 0.2) is 0 Å². The van der Waals surface area contributed by atoms with Crippen LogP contribution in [0.1, 0.15) is 11.1 Å². The Morgan fingerprint density at radius 2 is 1.65 bits per heavy atom. The van der Waals surface area contributed by atoms with Crippen molar-refractivity contribution in [2.75, 3.05) is 5.32 Å². The lowest BCUT2D eigenvalue weighted by Gasteiger charge is -2.09. The third-order valence-corrected chi connectivity index (χ3v) is 6.39. The number of rotatable bonds is 6. The van der Waals surface area contributed by atoms with Crippen molar-refractivity contribution in [3.05, 3.63) is 108 Å². The van der Waals surface area contributed by atoms with E-state index in [1.165, 1.54) is 24.3 Å². The third-order valence-electron chi connectivity index (χ3n) is 5.14. The number of para-hydroxylation sites is 1. The summed E-state index contributed by atoms with van der Waals surface area (Å²) in [6, 6.07) is 27.5. The summed E-state index contributed by atoms with van der Waals surface area (Å²) in [4.78, 5) is 12.6. The molecular formula is C27H20N2O4S. The number of carbonyl (C=O) groups is 1. The fourth-order valence-electron chi connectivity index (χ4n) is 3.37. The van der Waals surface area contributed by atoms with E-state index in [-0.39, 0.29) is 16.2 Å². The summed E-state index contributed by atoms with van der Waals surface area (Å²) >= 11 is 0. The largest absolute Gasteiger partial charge is 0.379 e. The number of aryl methyl sites for hydroxylation is 1. The second-order valence-electron chi connectivity index (χ2n) is 7.56. The van der Waals surface area contributed by atoms with Crippen LogP contribution in [0.4, 0.5) is 5.69 Å². The summed E-state index contributed by atoms with van der Waals surface area (Å²) in [5.74, 6) is -0.495. The second-order valence-corrected chi connectivity index (χ2v) is 9.10. The van der Waals surface area contributed by atoms with Crippen LogP contribution in [-0.2, 0) is 14.9 Å². The molecule has 0 saturated carbocycles. The van der Waals surface area contributed by atoms with Crippen molar-refractivity contribution in [2.45, 2.75) is 11.8 Å². The van der Waals surface area contributed by atoms with Gasteiger partial charge < -0.3 is 9.50 Å². The maximum absolute atomic E-state index is 12.8. The van der Waals surface area contributed by atoms with Crippen LogP contribution in [0.3, 0.4) is 0 Å². The van der Waals surface area contributed by atoms with Crippen molar-refractivity contribution < 1.29 is 17.4 Å². The first-order chi connectivity index (χ1) is 16.4. The molecule has 0 aliphatic rings. The van der Waals surface area contributed by atoms with E-state index >= 15 is 0 Å². The number of benzene rings is 4. The minimum Gasteiger partial charge on any atom is -0.379 e. The predicted molar refractivity (Wildman–Crippen MR) is 132 cm³/mol. The number of amides is 1. The fraction of sp³-hybridized carbons (Fsp3) is 0.0370. The lowest BCUT2D eigenvalue weighted by atomic mass is 10.1. The van der Waals surface area contributed by atoms with E-state index in [0.29, 0.717) is 11.3 Å². The van der Waals surface area contributed by atoms with Crippen LogP contribution in [0.2, 0.25) is 0 Å². The number of hydrogen-bond donors (Lipinski definition) is 1. The molecule has 7 heteroatoms. The Morgan fingerprint density at radius 1 is 0.912 bits per heavy atom. The average Bonchev–Trinajstić information content (AvgIpc) is 2.83. The van der Waals surface area contributed by atoms with E-state index < -0.39 is 16.0 Å². The average molecular weight is 469 g/mol. The molecule has 0 atom stereocenters. The highest BCUT2D eigenvalue weighted by molar-refractivity contribution is 7.87. The molecule has 4 aromatic rings. The van der Waals surface area contributed by atoms with Crippen molar-refractivity contribution in [1.29, 1.82) is 5.26 Å². The van der Waals surface area contributed by atoms with Crippen molar-refractivity contribution >= 4 is 38.6 Å². The molecule has 0 fully saturated rings. The number of nitriles is 1. The highest BCUT2D eigenvalue weighted by atomic mass is 32.2. The summed E-state index contributed by atoms with van der Waals surface area (Å²) in [5.41, 5.74) is 1.79. The molecule has 0 bridgehead atoms. The Bertz CT molecular complexity index is 1570. The molecule has 34 heavy (non-hydrogen) atoms. The van der Waals surface area contributed by atoms with Gasteiger partial charge in [-0.2, -0.15) is 13.7 Å². The molecule has 1 N–H and O–H groups in total. The first-order valence-corrected chi connectivity index (χ1v) is 11.8. The monoisotopic (exact) mass is 468 g/mol. The molecule has 6 nitrogen and oxygen atoms in total. The highest BCUT2D eigenvalue weighted by Crippen LogP contribution is 2.24. The van der Waals surface area contributed by atoms with Crippen LogP contribution in [0, 0.1) is 18.3 Å². The molecule has 0 saturated heterocycles. The molecule has 0 heterocycles. The molecule has 0 aromatic heterocycles. The predicted octanol–water partition coefficient (Wildman–Crippen LogP) is 5.46. The quantitative estimate of drug-likeness (QED) is 0.230. The van der Waals surface area contributed by atoms with Gasteiger partial charge in [0.25, 0.3) is 5.91 Å².